The van der Waals surface area contributed by atoms with Crippen molar-refractivity contribution >= 4 is 0 Å². The van der Waals surface area contributed by atoms with Crippen LogP contribution in [0.15, 0.2) is 24.3 Å². The van der Waals surface area contributed by atoms with Gasteiger partial charge in [0, 0.05) is 7.11 Å². The molecule has 0 heterocycles. The zero-order chi connectivity index (χ0) is 9.40. The maximum absolute atomic E-state index is 5.00. The lowest BCUT2D eigenvalue weighted by atomic mass is 10.1. The van der Waals surface area contributed by atoms with E-state index in [0.717, 1.165) is 13.0 Å². The predicted molar refractivity (Wildman–Crippen MR) is 54.2 cm³/mol. The number of hydrogen-bond acceptors (Lipinski definition) is 1. The molecule has 0 amide bonds. The summed E-state index contributed by atoms with van der Waals surface area (Å²) >= 11 is 0. The van der Waals surface area contributed by atoms with Gasteiger partial charge in [-0.05, 0) is 25.7 Å². The molecular weight excluding hydrogens is 148 g/mol. The highest BCUT2D eigenvalue weighted by atomic mass is 16.5. The van der Waals surface area contributed by atoms with Gasteiger partial charge in [-0.2, -0.15) is 0 Å². The predicted octanol–water partition coefficient (Wildman–Crippen LogP) is 3.18. The maximum atomic E-state index is 5.00. The van der Waals surface area contributed by atoms with E-state index in [4.69, 9.17) is 4.74 Å². The molecule has 1 heteroatoms. The van der Waals surface area contributed by atoms with Gasteiger partial charge in [0.15, 0.2) is 0 Å². The van der Waals surface area contributed by atoms with Crippen LogP contribution < -0.4 is 0 Å². The molecule has 0 aliphatic heterocycles. The summed E-state index contributed by atoms with van der Waals surface area (Å²) in [7, 11) is 1.73. The van der Waals surface area contributed by atoms with Crippen molar-refractivity contribution in [2.24, 2.45) is 5.92 Å². The normalized spacial score (nSPS) is 14.4. The Morgan fingerprint density at radius 3 is 2.75 bits per heavy atom. The first kappa shape index (κ1) is 11.4. The van der Waals surface area contributed by atoms with Crippen molar-refractivity contribution < 1.29 is 4.74 Å². The van der Waals surface area contributed by atoms with Crippen LogP contribution in [-0.2, 0) is 4.74 Å². The maximum Gasteiger partial charge on any atom is 0.0670 e. The Morgan fingerprint density at radius 2 is 2.25 bits per heavy atom. The highest BCUT2D eigenvalue weighted by Crippen LogP contribution is 2.08. The lowest BCUT2D eigenvalue weighted by molar-refractivity contribution is 0.225. The van der Waals surface area contributed by atoms with E-state index >= 15 is 0 Å². The van der Waals surface area contributed by atoms with E-state index in [9.17, 15) is 0 Å². The first-order valence-corrected chi connectivity index (χ1v) is 4.47. The van der Waals surface area contributed by atoms with Gasteiger partial charge in [-0.3, -0.25) is 0 Å². The van der Waals surface area contributed by atoms with Crippen molar-refractivity contribution in [2.75, 3.05) is 13.7 Å². The van der Waals surface area contributed by atoms with Gasteiger partial charge >= 0.3 is 0 Å². The fourth-order valence-corrected chi connectivity index (χ4v) is 0.997. The van der Waals surface area contributed by atoms with Crippen molar-refractivity contribution in [1.29, 1.82) is 0 Å². The van der Waals surface area contributed by atoms with Crippen LogP contribution in [-0.4, -0.2) is 13.7 Å². The van der Waals surface area contributed by atoms with Gasteiger partial charge in [0.2, 0.25) is 0 Å². The molecule has 0 aromatic carbocycles. The van der Waals surface area contributed by atoms with Gasteiger partial charge in [0.05, 0.1) is 6.61 Å². The van der Waals surface area contributed by atoms with Crippen molar-refractivity contribution in [2.45, 2.75) is 26.7 Å². The van der Waals surface area contributed by atoms with E-state index in [2.05, 4.69) is 26.5 Å². The minimum absolute atomic E-state index is 0.622. The summed E-state index contributed by atoms with van der Waals surface area (Å²) in [6, 6.07) is 0. The van der Waals surface area contributed by atoms with E-state index < -0.39 is 0 Å². The average Bonchev–Trinajstić information content (AvgIpc) is 2.04. The molecule has 0 radical (unpaired) electrons. The number of methoxy groups -OCH3 is 1. The number of hydrogen-bond donors (Lipinski definition) is 0. The minimum atomic E-state index is 0.622. The van der Waals surface area contributed by atoms with Crippen LogP contribution in [0.2, 0.25) is 0 Å². The van der Waals surface area contributed by atoms with Crippen molar-refractivity contribution in [3.05, 3.63) is 24.3 Å². The summed E-state index contributed by atoms with van der Waals surface area (Å²) < 4.78 is 5.00. The summed E-state index contributed by atoms with van der Waals surface area (Å²) in [5.74, 6) is 0.622. The summed E-state index contributed by atoms with van der Waals surface area (Å²) in [5, 5.41) is 0. The molecule has 1 nitrogen and oxygen atoms in total. The summed E-state index contributed by atoms with van der Waals surface area (Å²) in [6.45, 7) is 8.79. The van der Waals surface area contributed by atoms with Crippen LogP contribution in [0.1, 0.15) is 26.7 Å². The van der Waals surface area contributed by atoms with Crippen LogP contribution in [0.25, 0.3) is 0 Å². The van der Waals surface area contributed by atoms with Crippen molar-refractivity contribution in [3.63, 3.8) is 0 Å². The van der Waals surface area contributed by atoms with Gasteiger partial charge in [-0.1, -0.05) is 24.6 Å². The molecule has 70 valence electrons. The second-order valence-corrected chi connectivity index (χ2v) is 3.27. The van der Waals surface area contributed by atoms with Crippen molar-refractivity contribution in [3.8, 4) is 0 Å². The molecule has 0 aliphatic carbocycles. The van der Waals surface area contributed by atoms with Gasteiger partial charge in [0.1, 0.15) is 0 Å². The Balaban J connectivity index is 3.51. The second kappa shape index (κ2) is 7.11. The second-order valence-electron chi connectivity index (χ2n) is 3.27. The minimum Gasteiger partial charge on any atom is -0.380 e. The molecule has 0 saturated heterocycles. The Labute approximate surface area is 76.1 Å². The topological polar surface area (TPSA) is 9.23 Å². The standard InChI is InChI=1S/C11H20O/c1-5-10(2)7-6-8-11(3)9-12-4/h5,8,10H,1,6-7,9H2,2-4H3/b11-8+. The van der Waals surface area contributed by atoms with Crippen LogP contribution in [0, 0.1) is 5.92 Å². The third-order valence-electron chi connectivity index (χ3n) is 1.89. The van der Waals surface area contributed by atoms with Crippen LogP contribution in [0.5, 0.6) is 0 Å². The van der Waals surface area contributed by atoms with Gasteiger partial charge < -0.3 is 4.74 Å². The fourth-order valence-electron chi connectivity index (χ4n) is 0.997. The largest absolute Gasteiger partial charge is 0.380 e. The molecule has 1 unspecified atom stereocenters. The third kappa shape index (κ3) is 6.17. The lowest BCUT2D eigenvalue weighted by Crippen LogP contribution is -1.91. The van der Waals surface area contributed by atoms with E-state index in [1.165, 1.54) is 12.0 Å². The van der Waals surface area contributed by atoms with Gasteiger partial charge in [0.25, 0.3) is 0 Å². The van der Waals surface area contributed by atoms with Crippen LogP contribution >= 0.6 is 0 Å². The Kier molecular flexibility index (Phi) is 6.78. The summed E-state index contributed by atoms with van der Waals surface area (Å²) in [5.41, 5.74) is 1.31. The zero-order valence-corrected chi connectivity index (χ0v) is 8.47. The van der Waals surface area contributed by atoms with Gasteiger partial charge in [-0.15, -0.1) is 6.58 Å². The monoisotopic (exact) mass is 168 g/mol. The molecule has 1 atom stereocenters. The fraction of sp³-hybridized carbons (Fsp3) is 0.636. The molecule has 0 aromatic heterocycles. The highest BCUT2D eigenvalue weighted by Gasteiger charge is 1.93. The zero-order valence-electron chi connectivity index (χ0n) is 8.47. The number of allylic oxidation sites excluding steroid dienone is 2. The molecule has 0 bridgehead atoms. The van der Waals surface area contributed by atoms with Crippen LogP contribution in [0.3, 0.4) is 0 Å². The molecule has 12 heavy (non-hydrogen) atoms. The lowest BCUT2D eigenvalue weighted by Gasteiger charge is -2.03. The third-order valence-corrected chi connectivity index (χ3v) is 1.89. The average molecular weight is 168 g/mol. The summed E-state index contributed by atoms with van der Waals surface area (Å²) in [6.07, 6.45) is 6.55. The molecule has 0 saturated carbocycles. The molecule has 0 aromatic rings. The summed E-state index contributed by atoms with van der Waals surface area (Å²) in [4.78, 5) is 0. The highest BCUT2D eigenvalue weighted by molar-refractivity contribution is 4.98. The number of rotatable bonds is 6. The molecular formula is C11H20O. The Bertz CT molecular complexity index is 147. The quantitative estimate of drug-likeness (QED) is 0.553. The van der Waals surface area contributed by atoms with E-state index in [-0.39, 0.29) is 0 Å². The van der Waals surface area contributed by atoms with Crippen molar-refractivity contribution in [1.82, 2.24) is 0 Å². The molecule has 0 aliphatic rings. The van der Waals surface area contributed by atoms with E-state index in [1.54, 1.807) is 7.11 Å². The smallest absolute Gasteiger partial charge is 0.0670 e. The first-order chi connectivity index (χ1) is 5.70. The van der Waals surface area contributed by atoms with Gasteiger partial charge in [-0.25, -0.2) is 0 Å². The van der Waals surface area contributed by atoms with E-state index in [0.29, 0.717) is 5.92 Å². The Morgan fingerprint density at radius 1 is 1.58 bits per heavy atom. The molecule has 0 spiro atoms. The van der Waals surface area contributed by atoms with E-state index in [1.807, 2.05) is 6.08 Å². The Hall–Kier alpha value is -0.560. The van der Waals surface area contributed by atoms with Crippen LogP contribution in [0.4, 0.5) is 0 Å². The molecule has 0 N–H and O–H groups in total. The molecule has 0 rings (SSSR count). The molecule has 0 fully saturated rings. The number of ether oxygens (including phenoxy) is 1. The SMILES string of the molecule is C=CC(C)CC/C=C(\C)COC. The first-order valence-electron chi connectivity index (χ1n) is 4.47.